The number of imidazole rings is 1. The highest BCUT2D eigenvalue weighted by Gasteiger charge is 2.37. The molecule has 1 unspecified atom stereocenters. The number of rotatable bonds is 7. The predicted molar refractivity (Wildman–Crippen MR) is 98.0 cm³/mol. The van der Waals surface area contributed by atoms with Crippen molar-refractivity contribution < 1.29 is 23.1 Å². The van der Waals surface area contributed by atoms with Crippen LogP contribution in [-0.2, 0) is 16.1 Å². The van der Waals surface area contributed by atoms with E-state index in [4.69, 9.17) is 4.74 Å². The molecule has 9 heteroatoms. The van der Waals surface area contributed by atoms with Gasteiger partial charge in [-0.05, 0) is 19.1 Å². The third kappa shape index (κ3) is 3.97. The monoisotopic (exact) mass is 392 g/mol. The van der Waals surface area contributed by atoms with Crippen molar-refractivity contribution in [2.75, 3.05) is 25.1 Å². The van der Waals surface area contributed by atoms with E-state index in [-0.39, 0.29) is 37.1 Å². The van der Waals surface area contributed by atoms with Crippen LogP contribution in [0.3, 0.4) is 0 Å². The minimum Gasteiger partial charge on any atom is -0.492 e. The highest BCUT2D eigenvalue weighted by atomic mass is 19.3. The van der Waals surface area contributed by atoms with Crippen molar-refractivity contribution >= 4 is 17.5 Å². The first kappa shape index (κ1) is 19.8. The quantitative estimate of drug-likeness (QED) is 0.727. The average Bonchev–Trinajstić information content (AvgIpc) is 3.28. The number of nitrogens with zero attached hydrogens (tertiary/aromatic N) is 4. The highest BCUT2D eigenvalue weighted by Crippen LogP contribution is 2.33. The van der Waals surface area contributed by atoms with Crippen molar-refractivity contribution in [1.82, 2.24) is 14.5 Å². The zero-order chi connectivity index (χ0) is 20.3. The maximum atomic E-state index is 13.0. The van der Waals surface area contributed by atoms with Gasteiger partial charge >= 0.3 is 6.55 Å². The van der Waals surface area contributed by atoms with Crippen LogP contribution in [0.5, 0.6) is 5.75 Å². The van der Waals surface area contributed by atoms with Crippen LogP contribution in [0.1, 0.15) is 25.7 Å². The van der Waals surface area contributed by atoms with Gasteiger partial charge in [0.2, 0.25) is 11.8 Å². The van der Waals surface area contributed by atoms with Gasteiger partial charge in [0.25, 0.3) is 0 Å². The second kappa shape index (κ2) is 8.37. The van der Waals surface area contributed by atoms with Crippen LogP contribution in [0.4, 0.5) is 14.5 Å². The lowest BCUT2D eigenvalue weighted by atomic mass is 10.1. The number of halogens is 2. The molecule has 3 rings (SSSR count). The molecule has 0 aliphatic carbocycles. The van der Waals surface area contributed by atoms with E-state index in [1.165, 1.54) is 24.3 Å². The van der Waals surface area contributed by atoms with Gasteiger partial charge in [-0.15, -0.1) is 0 Å². The molecule has 28 heavy (non-hydrogen) atoms. The van der Waals surface area contributed by atoms with Gasteiger partial charge in [-0.3, -0.25) is 14.2 Å². The van der Waals surface area contributed by atoms with Crippen molar-refractivity contribution in [3.63, 3.8) is 0 Å². The first-order valence-corrected chi connectivity index (χ1v) is 8.99. The number of hydrogen-bond acceptors (Lipinski definition) is 4. The third-order valence-corrected chi connectivity index (χ3v) is 4.64. The Bertz CT molecular complexity index is 855. The summed E-state index contributed by atoms with van der Waals surface area (Å²) in [5.74, 6) is -0.337. The fourth-order valence-electron chi connectivity index (χ4n) is 3.31. The number of hydrogen-bond donors (Lipinski definition) is 0. The lowest BCUT2D eigenvalue weighted by Gasteiger charge is -2.22. The van der Waals surface area contributed by atoms with Crippen LogP contribution in [0.15, 0.2) is 36.7 Å². The minimum atomic E-state index is -2.72. The summed E-state index contributed by atoms with van der Waals surface area (Å²) in [5, 5.41) is 0. The Morgan fingerprint density at radius 3 is 2.86 bits per heavy atom. The van der Waals surface area contributed by atoms with Crippen molar-refractivity contribution in [3.05, 3.63) is 42.5 Å². The van der Waals surface area contributed by atoms with Gasteiger partial charge in [0, 0.05) is 32.4 Å². The summed E-state index contributed by atoms with van der Waals surface area (Å²) >= 11 is 0. The molecule has 2 heterocycles. The van der Waals surface area contributed by atoms with Crippen LogP contribution in [0.2, 0.25) is 0 Å². The number of carbonyl (C=O) groups excluding carboxylic acids is 2. The van der Waals surface area contributed by atoms with Gasteiger partial charge in [0.05, 0.1) is 24.8 Å². The van der Waals surface area contributed by atoms with Crippen molar-refractivity contribution in [1.29, 1.82) is 0 Å². The molecule has 0 radical (unpaired) electrons. The molecular weight excluding hydrogens is 370 g/mol. The Balaban J connectivity index is 1.71. The van der Waals surface area contributed by atoms with E-state index >= 15 is 0 Å². The Kier molecular flexibility index (Phi) is 5.91. The summed E-state index contributed by atoms with van der Waals surface area (Å²) in [7, 11) is 1.52. The van der Waals surface area contributed by atoms with Crippen molar-refractivity contribution in [2.45, 2.75) is 26.4 Å². The molecule has 1 aliphatic heterocycles. The molecule has 2 amide bonds. The van der Waals surface area contributed by atoms with Gasteiger partial charge in [0.15, 0.2) is 0 Å². The normalized spacial score (nSPS) is 16.7. The molecule has 1 aliphatic rings. The molecule has 0 N–H and O–H groups in total. The van der Waals surface area contributed by atoms with Gasteiger partial charge in [-0.25, -0.2) is 4.98 Å². The fourth-order valence-corrected chi connectivity index (χ4v) is 3.31. The first-order valence-electron chi connectivity index (χ1n) is 8.99. The van der Waals surface area contributed by atoms with Crippen LogP contribution in [-0.4, -0.2) is 46.5 Å². The zero-order valence-electron chi connectivity index (χ0n) is 15.7. The Hall–Kier alpha value is -2.97. The molecule has 150 valence electrons. The fraction of sp³-hybridized carbons (Fsp3) is 0.421. The van der Waals surface area contributed by atoms with Gasteiger partial charge in [-0.2, -0.15) is 8.78 Å². The van der Waals surface area contributed by atoms with E-state index in [9.17, 15) is 18.4 Å². The number of amides is 2. The number of anilines is 1. The highest BCUT2D eigenvalue weighted by molar-refractivity contribution is 6.01. The lowest BCUT2D eigenvalue weighted by molar-refractivity contribution is -0.135. The smallest absolute Gasteiger partial charge is 0.319 e. The van der Waals surface area contributed by atoms with Crippen molar-refractivity contribution in [2.24, 2.45) is 5.92 Å². The van der Waals surface area contributed by atoms with Crippen LogP contribution < -0.4 is 9.64 Å². The second-order valence-corrected chi connectivity index (χ2v) is 6.53. The van der Waals surface area contributed by atoms with E-state index in [1.807, 2.05) is 13.0 Å². The Labute approximate surface area is 161 Å². The first-order chi connectivity index (χ1) is 13.4. The van der Waals surface area contributed by atoms with Gasteiger partial charge in [-0.1, -0.05) is 12.1 Å². The van der Waals surface area contributed by atoms with E-state index in [0.29, 0.717) is 22.6 Å². The molecule has 1 saturated heterocycles. The van der Waals surface area contributed by atoms with Crippen LogP contribution in [0.25, 0.3) is 0 Å². The second-order valence-electron chi connectivity index (χ2n) is 6.53. The number of ether oxygens (including phenoxy) is 1. The van der Waals surface area contributed by atoms with Crippen LogP contribution in [0, 0.1) is 5.92 Å². The predicted octanol–water partition coefficient (Wildman–Crippen LogP) is 2.69. The Morgan fingerprint density at radius 1 is 1.39 bits per heavy atom. The number of para-hydroxylation sites is 2. The summed E-state index contributed by atoms with van der Waals surface area (Å²) in [4.78, 5) is 32.1. The molecule has 1 atom stereocenters. The van der Waals surface area contributed by atoms with Crippen LogP contribution >= 0.6 is 0 Å². The summed E-state index contributed by atoms with van der Waals surface area (Å²) in [6.45, 7) is -0.250. The topological polar surface area (TPSA) is 67.7 Å². The molecule has 2 aromatic rings. The molecule has 1 aromatic heterocycles. The number of aromatic nitrogens is 2. The molecule has 7 nitrogen and oxygen atoms in total. The summed E-state index contributed by atoms with van der Waals surface area (Å²) in [6, 6.07) is 7.17. The van der Waals surface area contributed by atoms with Crippen molar-refractivity contribution in [3.8, 4) is 5.75 Å². The Morgan fingerprint density at radius 2 is 2.14 bits per heavy atom. The van der Waals surface area contributed by atoms with Gasteiger partial charge in [0.1, 0.15) is 11.6 Å². The SMILES string of the molecule is CCOc1ccccc1N1CC(C(=O)N(C)Cc2nccn2C(F)F)CC1=O. The van der Waals surface area contributed by atoms with E-state index < -0.39 is 12.5 Å². The molecule has 1 aromatic carbocycles. The summed E-state index contributed by atoms with van der Waals surface area (Å²) in [5.41, 5.74) is 0.626. The summed E-state index contributed by atoms with van der Waals surface area (Å²) in [6.07, 6.45) is 2.50. The van der Waals surface area contributed by atoms with E-state index in [0.717, 1.165) is 0 Å². The molecular formula is C19H22F2N4O3. The average molecular weight is 392 g/mol. The number of benzene rings is 1. The maximum Gasteiger partial charge on any atom is 0.319 e. The largest absolute Gasteiger partial charge is 0.492 e. The minimum absolute atomic E-state index is 0.0591. The van der Waals surface area contributed by atoms with E-state index in [2.05, 4.69) is 4.98 Å². The third-order valence-electron chi connectivity index (χ3n) is 4.64. The maximum absolute atomic E-state index is 13.0. The number of alkyl halides is 2. The summed E-state index contributed by atoms with van der Waals surface area (Å²) < 4.78 is 32.2. The molecule has 0 saturated carbocycles. The zero-order valence-corrected chi connectivity index (χ0v) is 15.7. The lowest BCUT2D eigenvalue weighted by Crippen LogP contribution is -2.35. The number of carbonyl (C=O) groups is 2. The standard InChI is InChI=1S/C19H22F2N4O3/c1-3-28-15-7-5-4-6-14(15)25-11-13(10-17(25)26)18(27)23(2)12-16-22-8-9-24(16)19(20)21/h4-9,13,19H,3,10-12H2,1-2H3. The van der Waals surface area contributed by atoms with Gasteiger partial charge < -0.3 is 14.5 Å². The molecule has 0 bridgehead atoms. The molecule has 0 spiro atoms. The van der Waals surface area contributed by atoms with E-state index in [1.54, 1.807) is 23.1 Å². The molecule has 1 fully saturated rings.